The van der Waals surface area contributed by atoms with Crippen LogP contribution in [0.5, 0.6) is 11.5 Å². The van der Waals surface area contributed by atoms with Crippen LogP contribution in [-0.2, 0) is 38.1 Å². The smallest absolute Gasteiger partial charge is 0.255 e. The average Bonchev–Trinajstić information content (AvgIpc) is 4.26. The first-order valence-electron chi connectivity index (χ1n) is 25.5. The molecule has 1 fully saturated rings. The van der Waals surface area contributed by atoms with Gasteiger partial charge < -0.3 is 25.2 Å². The fourth-order valence-corrected chi connectivity index (χ4v) is 9.22. The van der Waals surface area contributed by atoms with Crippen LogP contribution in [-0.4, -0.2) is 98.7 Å². The minimum atomic E-state index is -0.298. The van der Waals surface area contributed by atoms with Gasteiger partial charge in [0, 0.05) is 65.4 Å². The molecule has 18 heteroatoms. The number of hydrogen-bond donors (Lipinski definition) is 3. The monoisotopic (exact) mass is 1030 g/mol. The molecule has 1 saturated heterocycles. The molecule has 2 amide bonds. The minimum absolute atomic E-state index is 0.0834. The second kappa shape index (κ2) is 22.1. The number of anilines is 2. The van der Waals surface area contributed by atoms with Crippen LogP contribution in [0, 0.1) is 27.7 Å². The number of carbonyl (C=O) groups excluding carboxylic acids is 2. The molecule has 4 aromatic heterocycles. The summed E-state index contributed by atoms with van der Waals surface area (Å²) < 4.78 is 18.4. The van der Waals surface area contributed by atoms with E-state index >= 15 is 0 Å². The molecule has 4 aromatic carbocycles. The lowest BCUT2D eigenvalue weighted by Gasteiger charge is -2.25. The highest BCUT2D eigenvalue weighted by Gasteiger charge is 2.25. The molecule has 0 unspecified atom stereocenters. The van der Waals surface area contributed by atoms with Gasteiger partial charge in [-0.2, -0.15) is 10.2 Å². The summed E-state index contributed by atoms with van der Waals surface area (Å²) in [6.07, 6.45) is 9.69. The van der Waals surface area contributed by atoms with Gasteiger partial charge in [0.2, 0.25) is 0 Å². The van der Waals surface area contributed by atoms with Crippen molar-refractivity contribution >= 4 is 23.2 Å². The highest BCUT2D eigenvalue weighted by molar-refractivity contribution is 6.06. The van der Waals surface area contributed by atoms with E-state index in [0.29, 0.717) is 45.3 Å². The third kappa shape index (κ3) is 11.6. The van der Waals surface area contributed by atoms with E-state index in [1.807, 2.05) is 101 Å². The number of ether oxygens (including phenoxy) is 2. The van der Waals surface area contributed by atoms with Crippen molar-refractivity contribution in [3.8, 4) is 45.4 Å². The standard InChI is InChI=1S/C31H39N7O2.C27H32N6O3/c1-20-10-11-22(15-28(20)38-19-27(34-35-38)25-17-32-36(6)21(25)2)30(39)33-26-16-24(31(3,4)5)14-23(29(26)40-7)18-37-12-8-9-13-37;1-16-8-9-18(11-24(16)33-14-23(30-31-33)21-13-28-32(6)17(21)2)26(35)29-22-12-20(27(3,4)5)10-19(15-34)25(22)36-7/h10-11,14-17,19H,8-9,12-13,18H2,1-7H3,(H,33,39);8-14,34H,15H2,1-7H3,(H,29,35). The summed E-state index contributed by atoms with van der Waals surface area (Å²) >= 11 is 0. The molecule has 0 spiro atoms. The quantitative estimate of drug-likeness (QED) is 0.0990. The summed E-state index contributed by atoms with van der Waals surface area (Å²) in [5.41, 5.74) is 14.5. The molecule has 0 aliphatic carbocycles. The van der Waals surface area contributed by atoms with E-state index in [9.17, 15) is 14.7 Å². The number of benzene rings is 4. The molecule has 76 heavy (non-hydrogen) atoms. The maximum absolute atomic E-state index is 13.6. The SMILES string of the molecule is COc1c(CN2CCCC2)cc(C(C)(C)C)cc1NC(=O)c1ccc(C)c(-n2cc(-c3cnn(C)c3C)nn2)c1.COc1c(CO)cc(C(C)(C)C)cc1NC(=O)c1ccc(C)c(-n2cc(-c3cnn(C)c3C)nn2)c1. The number of hydrogen-bond acceptors (Lipinski definition) is 12. The number of nitrogens with zero attached hydrogens (tertiary/aromatic N) is 11. The van der Waals surface area contributed by atoms with Crippen LogP contribution in [0.2, 0.25) is 0 Å². The first-order chi connectivity index (χ1) is 36.1. The van der Waals surface area contributed by atoms with Crippen LogP contribution in [0.15, 0.2) is 85.5 Å². The van der Waals surface area contributed by atoms with Crippen LogP contribution in [0.25, 0.3) is 33.9 Å². The number of nitrogens with one attached hydrogen (secondary N) is 2. The Hall–Kier alpha value is -7.96. The second-order valence-electron chi connectivity index (χ2n) is 21.6. The Morgan fingerprint density at radius 2 is 1.04 bits per heavy atom. The Labute approximate surface area is 445 Å². The predicted molar refractivity (Wildman–Crippen MR) is 296 cm³/mol. The summed E-state index contributed by atoms with van der Waals surface area (Å²) in [6, 6.07) is 19.1. The first kappa shape index (κ1) is 54.3. The molecule has 8 aromatic rings. The Kier molecular flexibility index (Phi) is 15.8. The van der Waals surface area contributed by atoms with Crippen molar-refractivity contribution in [3.63, 3.8) is 0 Å². The van der Waals surface area contributed by atoms with Gasteiger partial charge in [0.15, 0.2) is 0 Å². The molecule has 0 saturated carbocycles. The number of aliphatic hydroxyl groups excluding tert-OH is 1. The number of aliphatic hydroxyl groups is 1. The van der Waals surface area contributed by atoms with Crippen LogP contribution in [0.3, 0.4) is 0 Å². The molecule has 3 N–H and O–H groups in total. The molecule has 5 heterocycles. The van der Waals surface area contributed by atoms with Gasteiger partial charge in [0.1, 0.15) is 22.9 Å². The average molecular weight is 1030 g/mol. The summed E-state index contributed by atoms with van der Waals surface area (Å²) in [4.78, 5) is 29.4. The van der Waals surface area contributed by atoms with Gasteiger partial charge in [0.25, 0.3) is 11.8 Å². The Bertz CT molecular complexity index is 3410. The molecule has 9 rings (SSSR count). The van der Waals surface area contributed by atoms with Gasteiger partial charge in [-0.15, -0.1) is 10.2 Å². The van der Waals surface area contributed by atoms with E-state index in [4.69, 9.17) is 9.47 Å². The summed E-state index contributed by atoms with van der Waals surface area (Å²) in [5.74, 6) is 0.654. The molecule has 1 aliphatic heterocycles. The first-order valence-corrected chi connectivity index (χ1v) is 25.5. The topological polar surface area (TPSA) is 197 Å². The number of amides is 2. The number of methoxy groups -OCH3 is 2. The number of aromatic nitrogens is 10. The highest BCUT2D eigenvalue weighted by atomic mass is 16.5. The van der Waals surface area contributed by atoms with Gasteiger partial charge in [0.05, 0.1) is 68.4 Å². The maximum Gasteiger partial charge on any atom is 0.255 e. The number of aryl methyl sites for hydroxylation is 4. The van der Waals surface area contributed by atoms with Crippen molar-refractivity contribution in [1.29, 1.82) is 0 Å². The minimum Gasteiger partial charge on any atom is -0.494 e. The zero-order valence-corrected chi connectivity index (χ0v) is 46.3. The van der Waals surface area contributed by atoms with Gasteiger partial charge in [-0.1, -0.05) is 70.2 Å². The van der Waals surface area contributed by atoms with Crippen molar-refractivity contribution in [2.45, 2.75) is 106 Å². The van der Waals surface area contributed by atoms with Crippen molar-refractivity contribution in [2.75, 3.05) is 37.9 Å². The molecule has 398 valence electrons. The lowest BCUT2D eigenvalue weighted by molar-refractivity contribution is 0.101. The fraction of sp³-hybridized carbons (Fsp3) is 0.379. The molecule has 18 nitrogen and oxygen atoms in total. The van der Waals surface area contributed by atoms with Crippen LogP contribution in [0.1, 0.15) is 120 Å². The zero-order chi connectivity index (χ0) is 54.8. The van der Waals surface area contributed by atoms with Crippen LogP contribution >= 0.6 is 0 Å². The maximum atomic E-state index is 13.6. The summed E-state index contributed by atoms with van der Waals surface area (Å²) in [5, 5.41) is 42.0. The van der Waals surface area contributed by atoms with E-state index in [1.165, 1.54) is 20.0 Å². The Morgan fingerprint density at radius 3 is 1.42 bits per heavy atom. The zero-order valence-electron chi connectivity index (χ0n) is 46.3. The third-order valence-electron chi connectivity index (χ3n) is 14.2. The van der Waals surface area contributed by atoms with E-state index in [0.717, 1.165) is 87.0 Å². The molecule has 0 bridgehead atoms. The number of likely N-dealkylation sites (tertiary alicyclic amines) is 1. The summed E-state index contributed by atoms with van der Waals surface area (Å²) in [7, 11) is 6.98. The van der Waals surface area contributed by atoms with Gasteiger partial charge in [-0.25, -0.2) is 9.36 Å². The van der Waals surface area contributed by atoms with Gasteiger partial charge in [-0.3, -0.25) is 23.9 Å². The molecular formula is C58H71N13O5. The number of carbonyl (C=O) groups is 2. The highest BCUT2D eigenvalue weighted by Crippen LogP contribution is 2.38. The third-order valence-corrected chi connectivity index (χ3v) is 14.2. The summed E-state index contributed by atoms with van der Waals surface area (Å²) in [6.45, 7) is 23.5. The van der Waals surface area contributed by atoms with Crippen molar-refractivity contribution < 1.29 is 24.2 Å². The largest absolute Gasteiger partial charge is 0.494 e. The molecule has 0 atom stereocenters. The van der Waals surface area contributed by atoms with Gasteiger partial charge in [-0.05, 0) is 129 Å². The Balaban J connectivity index is 0.000000203. The van der Waals surface area contributed by atoms with E-state index in [-0.39, 0.29) is 29.3 Å². The lowest BCUT2D eigenvalue weighted by atomic mass is 9.85. The predicted octanol–water partition coefficient (Wildman–Crippen LogP) is 9.77. The lowest BCUT2D eigenvalue weighted by Crippen LogP contribution is -2.21. The van der Waals surface area contributed by atoms with Crippen molar-refractivity contribution in [3.05, 3.63) is 141 Å². The fourth-order valence-electron chi connectivity index (χ4n) is 9.22. The second-order valence-corrected chi connectivity index (χ2v) is 21.6. The number of rotatable bonds is 13. The molecule has 1 aliphatic rings. The Morgan fingerprint density at radius 1 is 0.618 bits per heavy atom. The van der Waals surface area contributed by atoms with E-state index in [2.05, 4.69) is 94.0 Å². The normalized spacial score (nSPS) is 12.9. The molecule has 0 radical (unpaired) electrons. The van der Waals surface area contributed by atoms with E-state index in [1.54, 1.807) is 45.7 Å². The van der Waals surface area contributed by atoms with Crippen molar-refractivity contribution in [2.24, 2.45) is 14.1 Å². The molecular weight excluding hydrogens is 959 g/mol. The van der Waals surface area contributed by atoms with E-state index < -0.39 is 0 Å². The van der Waals surface area contributed by atoms with Crippen molar-refractivity contribution in [1.82, 2.24) is 54.4 Å². The van der Waals surface area contributed by atoms with Crippen LogP contribution < -0.4 is 20.1 Å². The van der Waals surface area contributed by atoms with Crippen LogP contribution in [0.4, 0.5) is 11.4 Å². The van der Waals surface area contributed by atoms with Gasteiger partial charge >= 0.3 is 0 Å².